The first-order valence-electron chi connectivity index (χ1n) is 9.36. The number of benzene rings is 1. The van der Waals surface area contributed by atoms with Crippen molar-refractivity contribution in [1.82, 2.24) is 15.2 Å². The Hall–Kier alpha value is -2.34. The lowest BCUT2D eigenvalue weighted by atomic mass is 9.97. The molecule has 2 heterocycles. The van der Waals surface area contributed by atoms with Crippen LogP contribution in [-0.2, 0) is 22.6 Å². The summed E-state index contributed by atoms with van der Waals surface area (Å²) >= 11 is 0. The number of carbonyl (C=O) groups excluding carboxylic acids is 2. The van der Waals surface area contributed by atoms with Crippen molar-refractivity contribution in [1.29, 1.82) is 0 Å². The monoisotopic (exact) mass is 356 g/mol. The topological polar surface area (TPSA) is 91.2 Å². The number of nitrogens with zero attached hydrogens (tertiary/aromatic N) is 1. The lowest BCUT2D eigenvalue weighted by molar-refractivity contribution is -0.128. The largest absolute Gasteiger partial charge is 0.369 e. The SMILES string of the molecule is CCc1[nH]c2ccc(CNC(=O)C3CCCN(CC(N)=O)C3)cc2c1C. The van der Waals surface area contributed by atoms with E-state index in [2.05, 4.69) is 42.3 Å². The number of carbonyl (C=O) groups is 2. The normalized spacial score (nSPS) is 18.2. The van der Waals surface area contributed by atoms with Gasteiger partial charge in [-0.2, -0.15) is 0 Å². The number of nitrogens with two attached hydrogens (primary N) is 1. The smallest absolute Gasteiger partial charge is 0.231 e. The van der Waals surface area contributed by atoms with Crippen molar-refractivity contribution in [2.45, 2.75) is 39.7 Å². The van der Waals surface area contributed by atoms with Crippen LogP contribution in [0.1, 0.15) is 36.6 Å². The number of likely N-dealkylation sites (tertiary alicyclic amines) is 1. The van der Waals surface area contributed by atoms with Gasteiger partial charge in [0.15, 0.2) is 0 Å². The van der Waals surface area contributed by atoms with Crippen LogP contribution in [0.15, 0.2) is 18.2 Å². The number of aromatic amines is 1. The number of hydrogen-bond donors (Lipinski definition) is 3. The first-order valence-corrected chi connectivity index (χ1v) is 9.36. The van der Waals surface area contributed by atoms with Gasteiger partial charge in [0.1, 0.15) is 0 Å². The highest BCUT2D eigenvalue weighted by Gasteiger charge is 2.26. The molecule has 4 N–H and O–H groups in total. The summed E-state index contributed by atoms with van der Waals surface area (Å²) in [7, 11) is 0. The van der Waals surface area contributed by atoms with E-state index in [1.54, 1.807) is 0 Å². The molecular weight excluding hydrogens is 328 g/mol. The fraction of sp³-hybridized carbons (Fsp3) is 0.500. The van der Waals surface area contributed by atoms with Gasteiger partial charge in [0.05, 0.1) is 12.5 Å². The van der Waals surface area contributed by atoms with E-state index in [-0.39, 0.29) is 24.3 Å². The highest BCUT2D eigenvalue weighted by Crippen LogP contribution is 2.23. The maximum absolute atomic E-state index is 12.5. The maximum atomic E-state index is 12.5. The Morgan fingerprint density at radius 2 is 2.19 bits per heavy atom. The van der Waals surface area contributed by atoms with Gasteiger partial charge in [0.25, 0.3) is 0 Å². The summed E-state index contributed by atoms with van der Waals surface area (Å²) < 4.78 is 0. The quantitative estimate of drug-likeness (QED) is 0.738. The average Bonchev–Trinajstić information content (AvgIpc) is 2.95. The summed E-state index contributed by atoms with van der Waals surface area (Å²) in [5.41, 5.74) is 10.0. The summed E-state index contributed by atoms with van der Waals surface area (Å²) in [4.78, 5) is 29.0. The minimum Gasteiger partial charge on any atom is -0.369 e. The second-order valence-corrected chi connectivity index (χ2v) is 7.22. The highest BCUT2D eigenvalue weighted by atomic mass is 16.2. The van der Waals surface area contributed by atoms with E-state index in [4.69, 9.17) is 5.73 Å². The van der Waals surface area contributed by atoms with E-state index >= 15 is 0 Å². The fourth-order valence-corrected chi connectivity index (χ4v) is 3.86. The molecule has 2 aromatic rings. The van der Waals surface area contributed by atoms with Crippen LogP contribution in [0, 0.1) is 12.8 Å². The van der Waals surface area contributed by atoms with E-state index in [0.717, 1.165) is 36.9 Å². The van der Waals surface area contributed by atoms with E-state index in [1.165, 1.54) is 16.6 Å². The van der Waals surface area contributed by atoms with Crippen LogP contribution >= 0.6 is 0 Å². The maximum Gasteiger partial charge on any atom is 0.231 e. The van der Waals surface area contributed by atoms with Crippen molar-refractivity contribution in [2.24, 2.45) is 11.7 Å². The molecule has 0 aliphatic carbocycles. The van der Waals surface area contributed by atoms with Gasteiger partial charge >= 0.3 is 0 Å². The number of piperidine rings is 1. The van der Waals surface area contributed by atoms with Gasteiger partial charge in [0.2, 0.25) is 11.8 Å². The second-order valence-electron chi connectivity index (χ2n) is 7.22. The van der Waals surface area contributed by atoms with Crippen LogP contribution in [0.2, 0.25) is 0 Å². The molecule has 0 spiro atoms. The molecule has 1 fully saturated rings. The van der Waals surface area contributed by atoms with Crippen molar-refractivity contribution in [3.05, 3.63) is 35.0 Å². The third-order valence-electron chi connectivity index (χ3n) is 5.30. The van der Waals surface area contributed by atoms with Gasteiger partial charge in [-0.3, -0.25) is 14.5 Å². The molecule has 0 saturated carbocycles. The molecular formula is C20H28N4O2. The van der Waals surface area contributed by atoms with E-state index in [9.17, 15) is 9.59 Å². The highest BCUT2D eigenvalue weighted by molar-refractivity contribution is 5.85. The number of H-pyrrole nitrogens is 1. The summed E-state index contributed by atoms with van der Waals surface area (Å²) in [6, 6.07) is 6.29. The van der Waals surface area contributed by atoms with Gasteiger partial charge < -0.3 is 16.0 Å². The van der Waals surface area contributed by atoms with E-state index in [1.807, 2.05) is 4.90 Å². The summed E-state index contributed by atoms with van der Waals surface area (Å²) in [5.74, 6) is -0.362. The molecule has 1 unspecified atom stereocenters. The standard InChI is InChI=1S/C20H28N4O2/c1-3-17-13(2)16-9-14(6-7-18(16)23-17)10-22-20(26)15-5-4-8-24(11-15)12-19(21)25/h6-7,9,15,23H,3-5,8,10-12H2,1-2H3,(H2,21,25)(H,22,26). The molecule has 1 aromatic carbocycles. The predicted molar refractivity (Wildman–Crippen MR) is 103 cm³/mol. The van der Waals surface area contributed by atoms with E-state index < -0.39 is 0 Å². The fourth-order valence-electron chi connectivity index (χ4n) is 3.86. The molecule has 1 atom stereocenters. The van der Waals surface area contributed by atoms with Gasteiger partial charge in [0, 0.05) is 29.7 Å². The molecule has 0 radical (unpaired) electrons. The first kappa shape index (κ1) is 18.5. The number of amides is 2. The number of rotatable bonds is 6. The van der Waals surface area contributed by atoms with Crippen molar-refractivity contribution in [2.75, 3.05) is 19.6 Å². The zero-order valence-electron chi connectivity index (χ0n) is 15.6. The molecule has 3 rings (SSSR count). The molecule has 1 aliphatic heterocycles. The minimum atomic E-state index is -0.340. The van der Waals surface area contributed by atoms with Crippen molar-refractivity contribution in [3.63, 3.8) is 0 Å². The van der Waals surface area contributed by atoms with Gasteiger partial charge in [-0.1, -0.05) is 13.0 Å². The number of primary amides is 1. The molecule has 26 heavy (non-hydrogen) atoms. The second kappa shape index (κ2) is 7.91. The van der Waals surface area contributed by atoms with Gasteiger partial charge in [-0.15, -0.1) is 0 Å². The Kier molecular flexibility index (Phi) is 5.61. The molecule has 6 nitrogen and oxygen atoms in total. The number of aryl methyl sites for hydroxylation is 2. The van der Waals surface area contributed by atoms with E-state index in [0.29, 0.717) is 13.1 Å². The molecule has 140 valence electrons. The molecule has 6 heteroatoms. The van der Waals surface area contributed by atoms with Crippen LogP contribution < -0.4 is 11.1 Å². The number of fused-ring (bicyclic) bond motifs is 1. The number of nitrogens with one attached hydrogen (secondary N) is 2. The molecule has 0 bridgehead atoms. The Morgan fingerprint density at radius 3 is 2.92 bits per heavy atom. The first-order chi connectivity index (χ1) is 12.5. The minimum absolute atomic E-state index is 0.0549. The van der Waals surface area contributed by atoms with Crippen LogP contribution in [0.3, 0.4) is 0 Å². The summed E-state index contributed by atoms with van der Waals surface area (Å²) in [5, 5.41) is 4.28. The Morgan fingerprint density at radius 1 is 1.38 bits per heavy atom. The van der Waals surface area contributed by atoms with Crippen LogP contribution in [0.5, 0.6) is 0 Å². The van der Waals surface area contributed by atoms with Crippen molar-refractivity contribution >= 4 is 22.7 Å². The number of aromatic nitrogens is 1. The van der Waals surface area contributed by atoms with Crippen molar-refractivity contribution in [3.8, 4) is 0 Å². The van der Waals surface area contributed by atoms with Gasteiger partial charge in [-0.25, -0.2) is 0 Å². The zero-order chi connectivity index (χ0) is 18.7. The molecule has 2 amide bonds. The Balaban J connectivity index is 1.61. The van der Waals surface area contributed by atoms with Crippen LogP contribution in [-0.4, -0.2) is 41.3 Å². The van der Waals surface area contributed by atoms with Gasteiger partial charge in [-0.05, 0) is 56.0 Å². The third-order valence-corrected chi connectivity index (χ3v) is 5.30. The van der Waals surface area contributed by atoms with Crippen LogP contribution in [0.4, 0.5) is 0 Å². The number of hydrogen-bond acceptors (Lipinski definition) is 3. The Labute approximate surface area is 154 Å². The summed E-state index contributed by atoms with van der Waals surface area (Å²) in [6.45, 7) is 6.46. The summed E-state index contributed by atoms with van der Waals surface area (Å²) in [6.07, 6.45) is 2.76. The van der Waals surface area contributed by atoms with Crippen LogP contribution in [0.25, 0.3) is 10.9 Å². The molecule has 1 aromatic heterocycles. The molecule has 1 aliphatic rings. The zero-order valence-corrected chi connectivity index (χ0v) is 15.6. The predicted octanol–water partition coefficient (Wildman–Crippen LogP) is 1.85. The molecule has 1 saturated heterocycles. The average molecular weight is 356 g/mol. The third kappa shape index (κ3) is 4.07. The lowest BCUT2D eigenvalue weighted by Gasteiger charge is -2.31. The van der Waals surface area contributed by atoms with Crippen molar-refractivity contribution < 1.29 is 9.59 Å². The lowest BCUT2D eigenvalue weighted by Crippen LogP contribution is -2.45. The Bertz CT molecular complexity index is 811.